The highest BCUT2D eigenvalue weighted by molar-refractivity contribution is 5.95. The lowest BCUT2D eigenvalue weighted by atomic mass is 10.1. The second-order valence-corrected chi connectivity index (χ2v) is 10.1. The van der Waals surface area contributed by atoms with Crippen LogP contribution in [0.25, 0.3) is 27.9 Å². The molecule has 1 saturated carbocycles. The molecule has 2 aromatic carbocycles. The molecule has 37 heavy (non-hydrogen) atoms. The van der Waals surface area contributed by atoms with E-state index < -0.39 is 0 Å². The van der Waals surface area contributed by atoms with Crippen molar-refractivity contribution in [2.75, 3.05) is 11.9 Å². The third kappa shape index (κ3) is 4.65. The monoisotopic (exact) mass is 490 g/mol. The Hall–Kier alpha value is -4.26. The number of pyridine rings is 1. The van der Waals surface area contributed by atoms with Crippen LogP contribution >= 0.6 is 0 Å². The van der Waals surface area contributed by atoms with Crippen molar-refractivity contribution < 1.29 is 4.79 Å². The smallest absolute Gasteiger partial charge is 0.251 e. The molecule has 1 amide bonds. The Morgan fingerprint density at radius 2 is 1.78 bits per heavy atom. The van der Waals surface area contributed by atoms with E-state index >= 15 is 0 Å². The minimum Gasteiger partial charge on any atom is -0.367 e. The number of anilines is 1. The minimum absolute atomic E-state index is 0.0530. The van der Waals surface area contributed by atoms with Crippen LogP contribution in [0.15, 0.2) is 79.1 Å². The molecule has 6 rings (SSSR count). The van der Waals surface area contributed by atoms with Gasteiger partial charge in [-0.05, 0) is 61.1 Å². The van der Waals surface area contributed by atoms with E-state index in [1.807, 2.05) is 66.9 Å². The van der Waals surface area contributed by atoms with Gasteiger partial charge in [0.25, 0.3) is 5.91 Å². The Morgan fingerprint density at radius 1 is 1.00 bits per heavy atom. The second kappa shape index (κ2) is 9.65. The lowest BCUT2D eigenvalue weighted by Gasteiger charge is -2.18. The topological polar surface area (TPSA) is 84.2 Å². The SMILES string of the molecule is CC(C)CNc1nc2ccccc2n2c(-c3ccc(C(=O)NC(c4ccccn4)C4CC4)cc3)cnc12. The minimum atomic E-state index is -0.0814. The highest BCUT2D eigenvalue weighted by Gasteiger charge is 2.34. The summed E-state index contributed by atoms with van der Waals surface area (Å²) in [7, 11) is 0. The van der Waals surface area contributed by atoms with Gasteiger partial charge in [0, 0.05) is 23.9 Å². The van der Waals surface area contributed by atoms with Crippen molar-refractivity contribution in [3.05, 3.63) is 90.4 Å². The number of carbonyl (C=O) groups excluding carboxylic acids is 1. The Morgan fingerprint density at radius 3 is 2.51 bits per heavy atom. The fraction of sp³-hybridized carbons (Fsp3) is 0.267. The molecule has 1 aliphatic carbocycles. The molecule has 1 atom stereocenters. The van der Waals surface area contributed by atoms with Crippen LogP contribution in [-0.4, -0.2) is 31.8 Å². The van der Waals surface area contributed by atoms with Crippen molar-refractivity contribution in [1.29, 1.82) is 0 Å². The predicted octanol–water partition coefficient (Wildman–Crippen LogP) is 5.89. The third-order valence-electron chi connectivity index (χ3n) is 6.84. The van der Waals surface area contributed by atoms with Crippen molar-refractivity contribution in [3.63, 3.8) is 0 Å². The van der Waals surface area contributed by atoms with Gasteiger partial charge in [-0.1, -0.05) is 44.2 Å². The molecule has 186 valence electrons. The predicted molar refractivity (Wildman–Crippen MR) is 146 cm³/mol. The van der Waals surface area contributed by atoms with Crippen LogP contribution in [0, 0.1) is 11.8 Å². The number of benzene rings is 2. The van der Waals surface area contributed by atoms with E-state index in [4.69, 9.17) is 9.97 Å². The van der Waals surface area contributed by atoms with Crippen LogP contribution in [0.1, 0.15) is 48.8 Å². The number of imidazole rings is 1. The maximum atomic E-state index is 13.1. The zero-order chi connectivity index (χ0) is 25.4. The van der Waals surface area contributed by atoms with Gasteiger partial charge < -0.3 is 10.6 Å². The molecule has 0 saturated heterocycles. The highest BCUT2D eigenvalue weighted by atomic mass is 16.1. The number of aromatic nitrogens is 4. The second-order valence-electron chi connectivity index (χ2n) is 10.1. The number of nitrogens with one attached hydrogen (secondary N) is 2. The maximum Gasteiger partial charge on any atom is 0.251 e. The summed E-state index contributed by atoms with van der Waals surface area (Å²) in [6, 6.07) is 21.6. The van der Waals surface area contributed by atoms with Crippen molar-refractivity contribution in [3.8, 4) is 11.3 Å². The number of hydrogen-bond donors (Lipinski definition) is 2. The first-order valence-electron chi connectivity index (χ1n) is 12.9. The van der Waals surface area contributed by atoms with E-state index in [9.17, 15) is 4.79 Å². The summed E-state index contributed by atoms with van der Waals surface area (Å²) in [6.07, 6.45) is 5.89. The van der Waals surface area contributed by atoms with Gasteiger partial charge in [-0.15, -0.1) is 0 Å². The van der Waals surface area contributed by atoms with Gasteiger partial charge in [0.1, 0.15) is 0 Å². The third-order valence-corrected chi connectivity index (χ3v) is 6.84. The van der Waals surface area contributed by atoms with E-state index in [0.717, 1.165) is 58.8 Å². The molecule has 1 aliphatic rings. The summed E-state index contributed by atoms with van der Waals surface area (Å²) < 4.78 is 2.14. The van der Waals surface area contributed by atoms with E-state index in [2.05, 4.69) is 39.9 Å². The lowest BCUT2D eigenvalue weighted by Crippen LogP contribution is -2.30. The van der Waals surface area contributed by atoms with Gasteiger partial charge in [-0.25, -0.2) is 9.97 Å². The van der Waals surface area contributed by atoms with Gasteiger partial charge >= 0.3 is 0 Å². The molecular weight excluding hydrogens is 460 g/mol. The molecule has 2 N–H and O–H groups in total. The molecule has 7 heteroatoms. The zero-order valence-corrected chi connectivity index (χ0v) is 21.1. The van der Waals surface area contributed by atoms with E-state index in [1.54, 1.807) is 6.20 Å². The summed E-state index contributed by atoms with van der Waals surface area (Å²) in [6.45, 7) is 5.15. The van der Waals surface area contributed by atoms with E-state index in [0.29, 0.717) is 17.4 Å². The first-order chi connectivity index (χ1) is 18.1. The average Bonchev–Trinajstić information content (AvgIpc) is 3.67. The number of amides is 1. The van der Waals surface area contributed by atoms with Crippen LogP contribution < -0.4 is 10.6 Å². The number of rotatable bonds is 8. The standard InChI is InChI=1S/C30H30N6O/c1-19(2)17-32-28-29-33-18-26(36(29)25-9-4-3-7-23(25)34-28)20-10-14-22(15-11-20)30(37)35-27(21-12-13-21)24-8-5-6-16-31-24/h3-11,14-16,18-19,21,27H,12-13,17H2,1-2H3,(H,32,34)(H,35,37). The molecule has 1 fully saturated rings. The Balaban J connectivity index is 1.31. The Kier molecular flexibility index (Phi) is 6.04. The largest absolute Gasteiger partial charge is 0.367 e. The number of hydrogen-bond acceptors (Lipinski definition) is 5. The molecule has 3 aromatic heterocycles. The number of para-hydroxylation sites is 2. The first kappa shape index (κ1) is 23.2. The number of carbonyl (C=O) groups is 1. The summed E-state index contributed by atoms with van der Waals surface area (Å²) in [4.78, 5) is 27.2. The van der Waals surface area contributed by atoms with Gasteiger partial charge in [0.15, 0.2) is 11.5 Å². The Bertz CT molecular complexity index is 1550. The summed E-state index contributed by atoms with van der Waals surface area (Å²) >= 11 is 0. The molecule has 0 aliphatic heterocycles. The van der Waals surface area contributed by atoms with Crippen LogP contribution in [0.5, 0.6) is 0 Å². The van der Waals surface area contributed by atoms with Gasteiger partial charge in [0.05, 0.1) is 34.7 Å². The van der Waals surface area contributed by atoms with Gasteiger partial charge in [-0.3, -0.25) is 14.2 Å². The number of fused-ring (bicyclic) bond motifs is 3. The van der Waals surface area contributed by atoms with Crippen molar-refractivity contribution >= 4 is 28.4 Å². The van der Waals surface area contributed by atoms with Crippen molar-refractivity contribution in [1.82, 2.24) is 24.7 Å². The van der Waals surface area contributed by atoms with Gasteiger partial charge in [0.2, 0.25) is 0 Å². The lowest BCUT2D eigenvalue weighted by molar-refractivity contribution is 0.0930. The summed E-state index contributed by atoms with van der Waals surface area (Å²) in [5, 5.41) is 6.68. The summed E-state index contributed by atoms with van der Waals surface area (Å²) in [5.74, 6) is 1.63. The van der Waals surface area contributed by atoms with E-state index in [1.165, 1.54) is 0 Å². The molecular formula is C30H30N6O. The van der Waals surface area contributed by atoms with Crippen molar-refractivity contribution in [2.24, 2.45) is 11.8 Å². The zero-order valence-electron chi connectivity index (χ0n) is 21.1. The van der Waals surface area contributed by atoms with Crippen LogP contribution in [0.4, 0.5) is 5.82 Å². The van der Waals surface area contributed by atoms with Crippen LogP contribution in [-0.2, 0) is 0 Å². The molecule has 0 radical (unpaired) electrons. The molecule has 3 heterocycles. The quantitative estimate of drug-likeness (QED) is 0.283. The van der Waals surface area contributed by atoms with Gasteiger partial charge in [-0.2, -0.15) is 0 Å². The average molecular weight is 491 g/mol. The Labute approximate surface area is 216 Å². The fourth-order valence-corrected chi connectivity index (χ4v) is 4.74. The highest BCUT2D eigenvalue weighted by Crippen LogP contribution is 2.40. The van der Waals surface area contributed by atoms with Crippen molar-refractivity contribution in [2.45, 2.75) is 32.7 Å². The maximum absolute atomic E-state index is 13.1. The fourth-order valence-electron chi connectivity index (χ4n) is 4.74. The van der Waals surface area contributed by atoms with Crippen LogP contribution in [0.2, 0.25) is 0 Å². The molecule has 5 aromatic rings. The molecule has 0 bridgehead atoms. The summed E-state index contributed by atoms with van der Waals surface area (Å²) in [5.41, 5.74) is 6.17. The molecule has 7 nitrogen and oxygen atoms in total. The molecule has 1 unspecified atom stereocenters. The molecule has 0 spiro atoms. The first-order valence-corrected chi connectivity index (χ1v) is 12.9. The van der Waals surface area contributed by atoms with E-state index in [-0.39, 0.29) is 11.9 Å². The van der Waals surface area contributed by atoms with Crippen LogP contribution in [0.3, 0.4) is 0 Å². The normalized spacial score (nSPS) is 14.2. The number of nitrogens with zero attached hydrogens (tertiary/aromatic N) is 4.